The van der Waals surface area contributed by atoms with E-state index in [1.807, 2.05) is 12.3 Å². The second kappa shape index (κ2) is 6.44. The highest BCUT2D eigenvalue weighted by Gasteiger charge is 2.01. The van der Waals surface area contributed by atoms with Crippen LogP contribution in [-0.4, -0.2) is 43.1 Å². The number of hydrogen-bond acceptors (Lipinski definition) is 4. The van der Waals surface area contributed by atoms with Crippen molar-refractivity contribution < 1.29 is 4.79 Å². The fourth-order valence-corrected chi connectivity index (χ4v) is 1.73. The third-order valence-corrected chi connectivity index (χ3v) is 2.78. The molecule has 2 amide bonds. The van der Waals surface area contributed by atoms with Gasteiger partial charge in [0.15, 0.2) is 0 Å². The Hall–Kier alpha value is -1.14. The molecule has 0 aliphatic carbocycles. The minimum atomic E-state index is -0.0636. The zero-order valence-corrected chi connectivity index (χ0v) is 10.7. The Labute approximate surface area is 99.9 Å². The van der Waals surface area contributed by atoms with Crippen molar-refractivity contribution in [1.29, 1.82) is 0 Å². The fourth-order valence-electron chi connectivity index (χ4n) is 1.12. The lowest BCUT2D eigenvalue weighted by Crippen LogP contribution is -2.38. The molecule has 16 heavy (non-hydrogen) atoms. The highest BCUT2D eigenvalue weighted by Crippen LogP contribution is 2.06. The van der Waals surface area contributed by atoms with E-state index in [2.05, 4.69) is 15.6 Å². The minimum Gasteiger partial charge on any atom is -0.337 e. The zero-order valence-electron chi connectivity index (χ0n) is 9.91. The molecule has 0 aliphatic heterocycles. The molecule has 0 radical (unpaired) electrons. The maximum Gasteiger partial charge on any atom is 0.316 e. The van der Waals surface area contributed by atoms with Crippen molar-refractivity contribution in [2.45, 2.75) is 13.5 Å². The van der Waals surface area contributed by atoms with Crippen LogP contribution in [0.5, 0.6) is 0 Å². The Balaban J connectivity index is 2.06. The Morgan fingerprint density at radius 2 is 2.25 bits per heavy atom. The van der Waals surface area contributed by atoms with Crippen LogP contribution in [0.2, 0.25) is 0 Å². The van der Waals surface area contributed by atoms with Crippen molar-refractivity contribution in [1.82, 2.24) is 20.5 Å². The molecule has 0 aliphatic rings. The Kier molecular flexibility index (Phi) is 5.21. The summed E-state index contributed by atoms with van der Waals surface area (Å²) in [6, 6.07) is -0.0636. The van der Waals surface area contributed by atoms with Gasteiger partial charge in [-0.1, -0.05) is 0 Å². The van der Waals surface area contributed by atoms with Gasteiger partial charge in [-0.05, 0) is 6.92 Å². The lowest BCUT2D eigenvalue weighted by molar-refractivity contribution is 0.217. The summed E-state index contributed by atoms with van der Waals surface area (Å²) in [5, 5.41) is 9.12. The zero-order chi connectivity index (χ0) is 12.0. The number of aromatic nitrogens is 1. The predicted molar refractivity (Wildman–Crippen MR) is 65.6 cm³/mol. The smallest absolute Gasteiger partial charge is 0.316 e. The molecule has 0 aromatic carbocycles. The van der Waals surface area contributed by atoms with E-state index in [9.17, 15) is 4.79 Å². The first-order valence-corrected chi connectivity index (χ1v) is 6.04. The van der Waals surface area contributed by atoms with Gasteiger partial charge in [0.05, 0.1) is 10.7 Å². The van der Waals surface area contributed by atoms with Gasteiger partial charge in [-0.3, -0.25) is 0 Å². The molecule has 6 heteroatoms. The van der Waals surface area contributed by atoms with E-state index in [1.54, 1.807) is 25.4 Å². The van der Waals surface area contributed by atoms with Crippen LogP contribution in [0.3, 0.4) is 0 Å². The molecule has 0 spiro atoms. The fraction of sp³-hybridized carbons (Fsp3) is 0.600. The van der Waals surface area contributed by atoms with Crippen molar-refractivity contribution in [2.75, 3.05) is 27.2 Å². The highest BCUT2D eigenvalue weighted by molar-refractivity contribution is 7.09. The number of carbonyl (C=O) groups is 1. The average molecular weight is 242 g/mol. The van der Waals surface area contributed by atoms with Crippen molar-refractivity contribution in [2.24, 2.45) is 0 Å². The van der Waals surface area contributed by atoms with Gasteiger partial charge < -0.3 is 15.5 Å². The van der Waals surface area contributed by atoms with Crippen molar-refractivity contribution >= 4 is 17.4 Å². The van der Waals surface area contributed by atoms with E-state index < -0.39 is 0 Å². The number of urea groups is 1. The molecule has 1 aromatic rings. The van der Waals surface area contributed by atoms with Crippen LogP contribution in [-0.2, 0) is 6.54 Å². The number of carbonyl (C=O) groups excluding carboxylic acids is 1. The van der Waals surface area contributed by atoms with Gasteiger partial charge >= 0.3 is 6.03 Å². The first kappa shape index (κ1) is 12.9. The van der Waals surface area contributed by atoms with Gasteiger partial charge in [0.1, 0.15) is 0 Å². The molecule has 0 fully saturated rings. The van der Waals surface area contributed by atoms with Crippen molar-refractivity contribution in [3.63, 3.8) is 0 Å². The van der Waals surface area contributed by atoms with E-state index in [0.29, 0.717) is 6.54 Å². The lowest BCUT2D eigenvalue weighted by Gasteiger charge is -2.11. The summed E-state index contributed by atoms with van der Waals surface area (Å²) in [6.45, 7) is 4.12. The maximum atomic E-state index is 11.2. The van der Waals surface area contributed by atoms with Crippen LogP contribution in [0.1, 0.15) is 10.7 Å². The number of rotatable bonds is 5. The molecule has 1 rings (SSSR count). The molecule has 0 saturated carbocycles. The van der Waals surface area contributed by atoms with Gasteiger partial charge in [-0.15, -0.1) is 11.3 Å². The van der Waals surface area contributed by atoms with E-state index >= 15 is 0 Å². The molecule has 1 aromatic heterocycles. The number of nitrogens with one attached hydrogen (secondary N) is 2. The molecule has 0 saturated heterocycles. The number of thiazole rings is 1. The third kappa shape index (κ3) is 4.59. The molecule has 5 nitrogen and oxygen atoms in total. The number of nitrogens with zero attached hydrogens (tertiary/aromatic N) is 2. The van der Waals surface area contributed by atoms with Crippen LogP contribution < -0.4 is 10.6 Å². The van der Waals surface area contributed by atoms with Crippen LogP contribution in [0.15, 0.2) is 5.38 Å². The maximum absolute atomic E-state index is 11.2. The van der Waals surface area contributed by atoms with E-state index in [-0.39, 0.29) is 6.03 Å². The first-order chi connectivity index (χ1) is 7.59. The monoisotopic (exact) mass is 242 g/mol. The summed E-state index contributed by atoms with van der Waals surface area (Å²) in [6.07, 6.45) is 0. The van der Waals surface area contributed by atoms with E-state index in [4.69, 9.17) is 0 Å². The quantitative estimate of drug-likeness (QED) is 0.751. The normalized spacial score (nSPS) is 10.2. The highest BCUT2D eigenvalue weighted by atomic mass is 32.1. The predicted octanol–water partition coefficient (Wildman–Crippen LogP) is 0.812. The summed E-state index contributed by atoms with van der Waals surface area (Å²) in [7, 11) is 3.45. The van der Waals surface area contributed by atoms with Crippen LogP contribution in [0, 0.1) is 6.92 Å². The molecule has 2 N–H and O–H groups in total. The standard InChI is InChI=1S/C10H18N4OS/c1-8-13-9(7-16-8)6-11-4-5-12-10(15)14(2)3/h7,11H,4-6H2,1-3H3,(H,12,15). The average Bonchev–Trinajstić information content (AvgIpc) is 2.63. The van der Waals surface area contributed by atoms with Crippen LogP contribution in [0.25, 0.3) is 0 Å². The molecular weight excluding hydrogens is 224 g/mol. The first-order valence-electron chi connectivity index (χ1n) is 5.16. The van der Waals surface area contributed by atoms with E-state index in [1.165, 1.54) is 4.90 Å². The van der Waals surface area contributed by atoms with Crippen LogP contribution in [0.4, 0.5) is 4.79 Å². The molecular formula is C10H18N4OS. The van der Waals surface area contributed by atoms with Gasteiger partial charge in [0.2, 0.25) is 0 Å². The second-order valence-electron chi connectivity index (χ2n) is 3.66. The second-order valence-corrected chi connectivity index (χ2v) is 4.72. The Bertz CT molecular complexity index is 337. The van der Waals surface area contributed by atoms with Crippen molar-refractivity contribution in [3.8, 4) is 0 Å². The Morgan fingerprint density at radius 3 is 2.81 bits per heavy atom. The van der Waals surface area contributed by atoms with Crippen molar-refractivity contribution in [3.05, 3.63) is 16.1 Å². The number of aryl methyl sites for hydroxylation is 1. The van der Waals surface area contributed by atoms with Gasteiger partial charge in [-0.2, -0.15) is 0 Å². The van der Waals surface area contributed by atoms with Gasteiger partial charge in [-0.25, -0.2) is 9.78 Å². The van der Waals surface area contributed by atoms with Gasteiger partial charge in [0.25, 0.3) is 0 Å². The largest absolute Gasteiger partial charge is 0.337 e. The Morgan fingerprint density at radius 1 is 1.50 bits per heavy atom. The number of hydrogen-bond donors (Lipinski definition) is 2. The van der Waals surface area contributed by atoms with Gasteiger partial charge in [0, 0.05) is 39.1 Å². The molecule has 90 valence electrons. The minimum absolute atomic E-state index is 0.0636. The van der Waals surface area contributed by atoms with Crippen LogP contribution >= 0.6 is 11.3 Å². The molecule has 0 unspecified atom stereocenters. The summed E-state index contributed by atoms with van der Waals surface area (Å²) in [5.41, 5.74) is 1.06. The summed E-state index contributed by atoms with van der Waals surface area (Å²) < 4.78 is 0. The summed E-state index contributed by atoms with van der Waals surface area (Å²) >= 11 is 1.65. The summed E-state index contributed by atoms with van der Waals surface area (Å²) in [5.74, 6) is 0. The lowest BCUT2D eigenvalue weighted by atomic mass is 10.4. The third-order valence-electron chi connectivity index (χ3n) is 1.96. The SMILES string of the molecule is Cc1nc(CNCCNC(=O)N(C)C)cs1. The topological polar surface area (TPSA) is 57.3 Å². The molecule has 0 bridgehead atoms. The number of amides is 2. The molecule has 1 heterocycles. The summed E-state index contributed by atoms with van der Waals surface area (Å²) in [4.78, 5) is 17.0. The molecule has 0 atom stereocenters. The van der Waals surface area contributed by atoms with E-state index in [0.717, 1.165) is 23.8 Å².